The minimum atomic E-state index is -3.61. The van der Waals surface area contributed by atoms with Gasteiger partial charge >= 0.3 is 0 Å². The fraction of sp³-hybridized carbons (Fsp3) is 0.440. The fourth-order valence-corrected chi connectivity index (χ4v) is 6.20. The third-order valence-corrected chi connectivity index (χ3v) is 8.98. The number of amides is 1. The summed E-state index contributed by atoms with van der Waals surface area (Å²) in [7, 11) is -2.02. The highest BCUT2D eigenvalue weighted by atomic mass is 32.2. The second-order valence-electron chi connectivity index (χ2n) is 8.21. The van der Waals surface area contributed by atoms with Gasteiger partial charge in [-0.05, 0) is 62.3 Å². The van der Waals surface area contributed by atoms with Crippen LogP contribution in [0.5, 0.6) is 5.75 Å². The third kappa shape index (κ3) is 6.56. The predicted octanol–water partition coefficient (Wildman–Crippen LogP) is 4.68. The number of rotatable bonds is 12. The molecule has 1 heterocycles. The molecule has 10 heteroatoms. The number of nitrogens with zero attached hydrogens (tertiary/aromatic N) is 3. The van der Waals surface area contributed by atoms with Gasteiger partial charge in [0.05, 0.1) is 22.5 Å². The van der Waals surface area contributed by atoms with Crippen molar-refractivity contribution in [3.63, 3.8) is 0 Å². The zero-order valence-electron chi connectivity index (χ0n) is 20.6. The molecule has 7 nitrogen and oxygen atoms in total. The number of sulfone groups is 1. The average Bonchev–Trinajstić information content (AvgIpc) is 3.28. The topological polar surface area (TPSA) is 79.8 Å². The summed E-state index contributed by atoms with van der Waals surface area (Å²) in [5.74, 6) is -0.219. The zero-order valence-corrected chi connectivity index (χ0v) is 22.2. The average molecular weight is 522 g/mol. The van der Waals surface area contributed by atoms with Crippen molar-refractivity contribution in [2.24, 2.45) is 0 Å². The number of hydrogen-bond acceptors (Lipinski definition) is 7. The highest BCUT2D eigenvalue weighted by Crippen LogP contribution is 2.36. The number of methoxy groups -OCH3 is 1. The van der Waals surface area contributed by atoms with Crippen molar-refractivity contribution in [2.45, 2.75) is 38.5 Å². The van der Waals surface area contributed by atoms with Gasteiger partial charge in [0.1, 0.15) is 17.1 Å². The summed E-state index contributed by atoms with van der Waals surface area (Å²) in [5.41, 5.74) is 1.76. The van der Waals surface area contributed by atoms with Gasteiger partial charge in [-0.2, -0.15) is 0 Å². The number of ether oxygens (including phenoxy) is 1. The number of aryl methyl sites for hydroxylation is 1. The van der Waals surface area contributed by atoms with E-state index in [9.17, 15) is 17.6 Å². The van der Waals surface area contributed by atoms with Crippen LogP contribution in [0.25, 0.3) is 10.2 Å². The van der Waals surface area contributed by atoms with Crippen molar-refractivity contribution in [1.29, 1.82) is 0 Å². The zero-order chi connectivity index (χ0) is 25.6. The summed E-state index contributed by atoms with van der Waals surface area (Å²) in [5, 5.41) is 0.575. The molecular weight excluding hydrogens is 489 g/mol. The van der Waals surface area contributed by atoms with E-state index >= 15 is 0 Å². The molecule has 0 unspecified atom stereocenters. The number of hydrogen-bond donors (Lipinski definition) is 0. The Morgan fingerprint density at radius 3 is 2.40 bits per heavy atom. The molecule has 0 aliphatic carbocycles. The molecule has 3 rings (SSSR count). The Bertz CT molecular complexity index is 1260. The second-order valence-corrected chi connectivity index (χ2v) is 11.3. The number of halogens is 1. The molecule has 0 radical (unpaired) electrons. The number of likely N-dealkylation sites (N-methyl/N-ethyl adjacent to an activating group) is 1. The Kier molecular flexibility index (Phi) is 9.21. The number of benzene rings is 2. The molecule has 3 aromatic rings. The molecule has 1 aromatic heterocycles. The largest absolute Gasteiger partial charge is 0.494 e. The van der Waals surface area contributed by atoms with Crippen LogP contribution in [0.2, 0.25) is 0 Å². The maximum absolute atomic E-state index is 13.3. The molecule has 0 aliphatic heterocycles. The second kappa shape index (κ2) is 11.9. The lowest BCUT2D eigenvalue weighted by atomic mass is 10.2. The Hall–Kier alpha value is -2.56. The van der Waals surface area contributed by atoms with Crippen LogP contribution in [0.15, 0.2) is 41.3 Å². The van der Waals surface area contributed by atoms with Crippen LogP contribution in [-0.2, 0) is 14.6 Å². The number of fused-ring (bicyclic) bond motifs is 1. The van der Waals surface area contributed by atoms with Gasteiger partial charge in [0.2, 0.25) is 5.91 Å². The molecular formula is C25H32FN3O4S2. The van der Waals surface area contributed by atoms with Gasteiger partial charge in [-0.1, -0.05) is 31.3 Å². The first-order valence-corrected chi connectivity index (χ1v) is 14.1. The molecule has 0 bridgehead atoms. The van der Waals surface area contributed by atoms with Crippen LogP contribution < -0.4 is 9.64 Å². The number of carbonyl (C=O) groups excluding carboxylic acids is 1. The number of anilines is 1. The molecule has 0 saturated carbocycles. The van der Waals surface area contributed by atoms with Crippen molar-refractivity contribution < 1.29 is 22.3 Å². The SMILES string of the molecule is CCN(CC)CCN(C(=O)CCCS(=O)(=O)c1ccc(F)cc1)c1nc2c(OC)ccc(C)c2s1. The minimum Gasteiger partial charge on any atom is -0.494 e. The van der Waals surface area contributed by atoms with Crippen molar-refractivity contribution in [2.75, 3.05) is 43.9 Å². The van der Waals surface area contributed by atoms with Crippen molar-refractivity contribution in [3.05, 3.63) is 47.8 Å². The minimum absolute atomic E-state index is 0.0541. The van der Waals surface area contributed by atoms with Gasteiger partial charge in [0.25, 0.3) is 0 Å². The molecule has 0 N–H and O–H groups in total. The van der Waals surface area contributed by atoms with Crippen molar-refractivity contribution in [1.82, 2.24) is 9.88 Å². The number of thiazole rings is 1. The highest BCUT2D eigenvalue weighted by molar-refractivity contribution is 7.91. The molecule has 35 heavy (non-hydrogen) atoms. The van der Waals surface area contributed by atoms with Gasteiger partial charge < -0.3 is 9.64 Å². The van der Waals surface area contributed by atoms with Crippen LogP contribution in [0.3, 0.4) is 0 Å². The summed E-state index contributed by atoms with van der Waals surface area (Å²) < 4.78 is 44.8. The lowest BCUT2D eigenvalue weighted by Crippen LogP contribution is -2.38. The Morgan fingerprint density at radius 1 is 1.09 bits per heavy atom. The van der Waals surface area contributed by atoms with E-state index in [1.54, 1.807) is 12.0 Å². The lowest BCUT2D eigenvalue weighted by molar-refractivity contribution is -0.118. The summed E-state index contributed by atoms with van der Waals surface area (Å²) >= 11 is 1.44. The van der Waals surface area contributed by atoms with Crippen LogP contribution in [0.4, 0.5) is 9.52 Å². The first kappa shape index (κ1) is 27.0. The highest BCUT2D eigenvalue weighted by Gasteiger charge is 2.23. The van der Waals surface area contributed by atoms with E-state index in [1.165, 1.54) is 23.5 Å². The van der Waals surface area contributed by atoms with E-state index in [2.05, 4.69) is 18.7 Å². The normalized spacial score (nSPS) is 11.8. The maximum atomic E-state index is 13.3. The van der Waals surface area contributed by atoms with Gasteiger partial charge in [-0.25, -0.2) is 17.8 Å². The predicted molar refractivity (Wildman–Crippen MR) is 139 cm³/mol. The third-order valence-electron chi connectivity index (χ3n) is 5.95. The summed E-state index contributed by atoms with van der Waals surface area (Å²) in [4.78, 5) is 22.0. The van der Waals surface area contributed by atoms with Gasteiger partial charge in [-0.15, -0.1) is 0 Å². The summed E-state index contributed by atoms with van der Waals surface area (Å²) in [6, 6.07) is 8.57. The van der Waals surface area contributed by atoms with Crippen LogP contribution in [0, 0.1) is 12.7 Å². The molecule has 0 aliphatic rings. The van der Waals surface area contributed by atoms with Gasteiger partial charge in [0.15, 0.2) is 15.0 Å². The summed E-state index contributed by atoms with van der Waals surface area (Å²) in [6.45, 7) is 8.99. The first-order valence-electron chi connectivity index (χ1n) is 11.6. The Labute approximate surface area is 210 Å². The maximum Gasteiger partial charge on any atom is 0.228 e. The van der Waals surface area contributed by atoms with Crippen molar-refractivity contribution in [3.8, 4) is 5.75 Å². The van der Waals surface area contributed by atoms with E-state index in [-0.39, 0.29) is 29.4 Å². The van der Waals surface area contributed by atoms with E-state index in [4.69, 9.17) is 9.72 Å². The van der Waals surface area contributed by atoms with E-state index in [0.29, 0.717) is 29.5 Å². The van der Waals surface area contributed by atoms with Crippen LogP contribution >= 0.6 is 11.3 Å². The molecule has 0 atom stereocenters. The number of aromatic nitrogens is 1. The Morgan fingerprint density at radius 2 is 1.77 bits per heavy atom. The molecule has 2 aromatic carbocycles. The van der Waals surface area contributed by atoms with E-state index < -0.39 is 15.7 Å². The number of carbonyl (C=O) groups is 1. The van der Waals surface area contributed by atoms with Crippen molar-refractivity contribution >= 4 is 42.4 Å². The molecule has 0 saturated heterocycles. The van der Waals surface area contributed by atoms with Crippen LogP contribution in [0.1, 0.15) is 32.3 Å². The molecule has 1 amide bonds. The monoisotopic (exact) mass is 521 g/mol. The smallest absolute Gasteiger partial charge is 0.228 e. The Balaban J connectivity index is 1.80. The first-order chi connectivity index (χ1) is 16.7. The van der Waals surface area contributed by atoms with Gasteiger partial charge in [0, 0.05) is 19.5 Å². The fourth-order valence-electron chi connectivity index (χ4n) is 3.80. The molecule has 0 fully saturated rings. The lowest BCUT2D eigenvalue weighted by Gasteiger charge is -2.24. The van der Waals surface area contributed by atoms with E-state index in [0.717, 1.165) is 35.5 Å². The quantitative estimate of drug-likeness (QED) is 0.322. The molecule has 0 spiro atoms. The van der Waals surface area contributed by atoms with E-state index in [1.807, 2.05) is 19.1 Å². The molecule has 190 valence electrons. The van der Waals surface area contributed by atoms with Gasteiger partial charge in [-0.3, -0.25) is 9.69 Å². The van der Waals surface area contributed by atoms with Crippen LogP contribution in [-0.4, -0.2) is 63.3 Å². The summed E-state index contributed by atoms with van der Waals surface area (Å²) in [6.07, 6.45) is 0.221. The standard InChI is InChI=1S/C25H32FN3O4S2/c1-5-28(6-2)15-16-29(25-27-23-21(33-4)14-9-18(3)24(23)34-25)22(30)8-7-17-35(31,32)20-12-10-19(26)11-13-20/h9-14H,5-8,15-17H2,1-4H3.